The zero-order valence-corrected chi connectivity index (χ0v) is 12.1. The number of nitrogen functional groups attached to an aromatic ring is 1. The number of fused-ring (bicyclic) bond motifs is 1. The summed E-state index contributed by atoms with van der Waals surface area (Å²) in [4.78, 5) is 13.2. The lowest BCUT2D eigenvalue weighted by Crippen LogP contribution is -2.06. The Labute approximate surface area is 125 Å². The zero-order valence-electron chi connectivity index (χ0n) is 11.3. The molecule has 1 saturated carbocycles. The lowest BCUT2D eigenvalue weighted by molar-refractivity contribution is 0.568. The minimum absolute atomic E-state index is 0.308. The Bertz CT molecular complexity index is 762. The lowest BCUT2D eigenvalue weighted by atomic mass is 10.3. The highest BCUT2D eigenvalue weighted by Gasteiger charge is 2.19. The van der Waals surface area contributed by atoms with Gasteiger partial charge in [0.2, 0.25) is 5.95 Å². The zero-order chi connectivity index (χ0) is 14.2. The van der Waals surface area contributed by atoms with Gasteiger partial charge in [-0.15, -0.1) is 5.10 Å². The van der Waals surface area contributed by atoms with Crippen LogP contribution in [0.15, 0.2) is 28.2 Å². The van der Waals surface area contributed by atoms with E-state index in [4.69, 9.17) is 10.2 Å². The Hall–Kier alpha value is -2.09. The van der Waals surface area contributed by atoms with Crippen molar-refractivity contribution in [2.24, 2.45) is 0 Å². The Kier molecular flexibility index (Phi) is 3.03. The summed E-state index contributed by atoms with van der Waals surface area (Å²) in [6, 6.07) is 1.80. The number of aromatic nitrogens is 5. The molecule has 0 bridgehead atoms. The Balaban J connectivity index is 1.71. The van der Waals surface area contributed by atoms with Crippen molar-refractivity contribution in [3.05, 3.63) is 18.6 Å². The van der Waals surface area contributed by atoms with E-state index in [-0.39, 0.29) is 0 Å². The molecular formula is C13H14N6OS. The minimum Gasteiger partial charge on any atom is -0.472 e. The molecule has 0 amide bonds. The second-order valence-electron chi connectivity index (χ2n) is 5.05. The standard InChI is InChI=1S/C13H14N6OS/c14-11-16-13(21-9-3-1-2-4-9)17-12-15-10(18-19(11)12)8-5-6-20-7-8/h5-7,9H,1-4H2,(H2,14,15,16,17,18). The summed E-state index contributed by atoms with van der Waals surface area (Å²) in [5.41, 5.74) is 6.77. The van der Waals surface area contributed by atoms with Gasteiger partial charge in [-0.1, -0.05) is 24.6 Å². The molecule has 0 aromatic carbocycles. The van der Waals surface area contributed by atoms with Crippen LogP contribution in [0, 0.1) is 0 Å². The highest BCUT2D eigenvalue weighted by atomic mass is 32.2. The van der Waals surface area contributed by atoms with Crippen molar-refractivity contribution in [2.75, 3.05) is 5.73 Å². The molecule has 4 rings (SSSR count). The Morgan fingerprint density at radius 2 is 2.10 bits per heavy atom. The summed E-state index contributed by atoms with van der Waals surface area (Å²) in [6.45, 7) is 0. The maximum atomic E-state index is 5.97. The van der Waals surface area contributed by atoms with Crippen LogP contribution in [0.5, 0.6) is 0 Å². The Morgan fingerprint density at radius 3 is 2.86 bits per heavy atom. The topological polar surface area (TPSA) is 95.1 Å². The van der Waals surface area contributed by atoms with Gasteiger partial charge in [-0.2, -0.15) is 19.5 Å². The monoisotopic (exact) mass is 302 g/mol. The molecule has 1 aliphatic carbocycles. The number of rotatable bonds is 3. The predicted molar refractivity (Wildman–Crippen MR) is 78.8 cm³/mol. The van der Waals surface area contributed by atoms with Crippen LogP contribution < -0.4 is 5.73 Å². The molecule has 1 aliphatic rings. The second-order valence-corrected chi connectivity index (χ2v) is 6.32. The van der Waals surface area contributed by atoms with E-state index in [1.165, 1.54) is 30.2 Å². The van der Waals surface area contributed by atoms with Crippen molar-refractivity contribution < 1.29 is 4.42 Å². The fourth-order valence-electron chi connectivity index (χ4n) is 2.51. The van der Waals surface area contributed by atoms with Gasteiger partial charge in [0.1, 0.15) is 6.26 Å². The molecular weight excluding hydrogens is 288 g/mol. The fourth-order valence-corrected chi connectivity index (χ4v) is 3.66. The summed E-state index contributed by atoms with van der Waals surface area (Å²) < 4.78 is 6.51. The number of furan rings is 1. The van der Waals surface area contributed by atoms with Gasteiger partial charge in [0.25, 0.3) is 5.78 Å². The van der Waals surface area contributed by atoms with Crippen molar-refractivity contribution in [1.29, 1.82) is 0 Å². The van der Waals surface area contributed by atoms with Crippen LogP contribution in [-0.4, -0.2) is 29.8 Å². The summed E-state index contributed by atoms with van der Waals surface area (Å²) in [5.74, 6) is 1.31. The highest BCUT2D eigenvalue weighted by Crippen LogP contribution is 2.33. The molecule has 0 saturated heterocycles. The van der Waals surface area contributed by atoms with Crippen LogP contribution in [0.2, 0.25) is 0 Å². The highest BCUT2D eigenvalue weighted by molar-refractivity contribution is 7.99. The number of hydrogen-bond donors (Lipinski definition) is 1. The Morgan fingerprint density at radius 1 is 1.24 bits per heavy atom. The first kappa shape index (κ1) is 12.6. The number of nitrogens with two attached hydrogens (primary N) is 1. The van der Waals surface area contributed by atoms with E-state index in [2.05, 4.69) is 20.1 Å². The normalized spacial score (nSPS) is 16.0. The maximum absolute atomic E-state index is 5.97. The van der Waals surface area contributed by atoms with E-state index in [1.807, 2.05) is 0 Å². The molecule has 0 spiro atoms. The van der Waals surface area contributed by atoms with Crippen LogP contribution >= 0.6 is 11.8 Å². The third kappa shape index (κ3) is 2.35. The first-order valence-electron chi connectivity index (χ1n) is 6.89. The maximum Gasteiger partial charge on any atom is 0.258 e. The van der Waals surface area contributed by atoms with Gasteiger partial charge in [0.15, 0.2) is 11.0 Å². The van der Waals surface area contributed by atoms with E-state index in [1.54, 1.807) is 30.4 Å². The summed E-state index contributed by atoms with van der Waals surface area (Å²) >= 11 is 1.69. The van der Waals surface area contributed by atoms with E-state index < -0.39 is 0 Å². The molecule has 3 aromatic heterocycles. The molecule has 2 N–H and O–H groups in total. The van der Waals surface area contributed by atoms with Gasteiger partial charge in [-0.25, -0.2) is 0 Å². The summed E-state index contributed by atoms with van der Waals surface area (Å²) in [5, 5.41) is 5.58. The molecule has 7 nitrogen and oxygen atoms in total. The van der Waals surface area contributed by atoms with Gasteiger partial charge < -0.3 is 10.2 Å². The van der Waals surface area contributed by atoms with Crippen molar-refractivity contribution >= 4 is 23.5 Å². The second kappa shape index (κ2) is 5.03. The lowest BCUT2D eigenvalue weighted by Gasteiger charge is -2.07. The SMILES string of the molecule is Nc1nc(SC2CCCC2)nc2nc(-c3ccoc3)nn12. The van der Waals surface area contributed by atoms with Crippen LogP contribution in [0.1, 0.15) is 25.7 Å². The molecule has 0 aliphatic heterocycles. The van der Waals surface area contributed by atoms with E-state index >= 15 is 0 Å². The van der Waals surface area contributed by atoms with Crippen molar-refractivity contribution in [3.63, 3.8) is 0 Å². The molecule has 0 radical (unpaired) electrons. The number of anilines is 1. The van der Waals surface area contributed by atoms with Gasteiger partial charge in [0, 0.05) is 5.25 Å². The molecule has 0 atom stereocenters. The average molecular weight is 302 g/mol. The van der Waals surface area contributed by atoms with Crippen LogP contribution in [0.4, 0.5) is 5.95 Å². The van der Waals surface area contributed by atoms with Gasteiger partial charge in [-0.05, 0) is 18.9 Å². The fraction of sp³-hybridized carbons (Fsp3) is 0.385. The van der Waals surface area contributed by atoms with E-state index in [0.717, 1.165) is 5.56 Å². The van der Waals surface area contributed by atoms with Crippen molar-refractivity contribution in [3.8, 4) is 11.4 Å². The third-order valence-electron chi connectivity index (χ3n) is 3.57. The van der Waals surface area contributed by atoms with Crippen molar-refractivity contribution in [2.45, 2.75) is 36.1 Å². The molecule has 0 unspecified atom stereocenters. The molecule has 108 valence electrons. The van der Waals surface area contributed by atoms with E-state index in [9.17, 15) is 0 Å². The first-order valence-corrected chi connectivity index (χ1v) is 7.77. The first-order chi connectivity index (χ1) is 10.3. The minimum atomic E-state index is 0.308. The predicted octanol–water partition coefficient (Wildman–Crippen LogP) is 2.40. The van der Waals surface area contributed by atoms with Crippen LogP contribution in [-0.2, 0) is 0 Å². The number of nitrogens with zero attached hydrogens (tertiary/aromatic N) is 5. The van der Waals surface area contributed by atoms with Crippen LogP contribution in [0.3, 0.4) is 0 Å². The van der Waals surface area contributed by atoms with Crippen LogP contribution in [0.25, 0.3) is 17.2 Å². The molecule has 3 aromatic rings. The number of hydrogen-bond acceptors (Lipinski definition) is 7. The smallest absolute Gasteiger partial charge is 0.258 e. The summed E-state index contributed by atoms with van der Waals surface area (Å²) in [7, 11) is 0. The largest absolute Gasteiger partial charge is 0.472 e. The summed E-state index contributed by atoms with van der Waals surface area (Å²) in [6.07, 6.45) is 8.16. The van der Waals surface area contributed by atoms with Gasteiger partial charge >= 0.3 is 0 Å². The quantitative estimate of drug-likeness (QED) is 0.793. The number of thioether (sulfide) groups is 1. The molecule has 3 heterocycles. The van der Waals surface area contributed by atoms with Crippen molar-refractivity contribution in [1.82, 2.24) is 24.6 Å². The van der Waals surface area contributed by atoms with E-state index in [0.29, 0.717) is 28.0 Å². The molecule has 21 heavy (non-hydrogen) atoms. The molecule has 8 heteroatoms. The molecule has 1 fully saturated rings. The average Bonchev–Trinajstić information content (AvgIpc) is 3.19. The van der Waals surface area contributed by atoms with Gasteiger partial charge in [-0.3, -0.25) is 0 Å². The third-order valence-corrected chi connectivity index (χ3v) is 4.76. The van der Waals surface area contributed by atoms with Gasteiger partial charge in [0.05, 0.1) is 11.8 Å².